The first kappa shape index (κ1) is 58.9. The molecule has 0 spiro atoms. The largest absolute Gasteiger partial charge is 0.455 e. The van der Waals surface area contributed by atoms with Gasteiger partial charge < -0.3 is 17.7 Å². The Morgan fingerprint density at radius 3 is 1.16 bits per heavy atom. The summed E-state index contributed by atoms with van der Waals surface area (Å²) in [6, 6.07) is 63.8. The van der Waals surface area contributed by atoms with E-state index >= 15 is 0 Å². The van der Waals surface area contributed by atoms with E-state index in [0.29, 0.717) is 99.8 Å². The van der Waals surface area contributed by atoms with Gasteiger partial charge in [-0.15, -0.1) is 0 Å². The molecule has 4 aliphatic carbocycles. The Morgan fingerprint density at radius 1 is 0.328 bits per heavy atom. The second-order valence-corrected chi connectivity index (χ2v) is 37.2. The van der Waals surface area contributed by atoms with Crippen LogP contribution in [0, 0.1) is 27.7 Å². The fourth-order valence-corrected chi connectivity index (χ4v) is 20.4. The van der Waals surface area contributed by atoms with E-state index in [2.05, 4.69) is 4.98 Å². The number of benzene rings is 8. The maximum Gasteiger partial charge on any atom is 0.227 e. The van der Waals surface area contributed by atoms with Crippen molar-refractivity contribution in [2.75, 3.05) is 0 Å². The van der Waals surface area contributed by atoms with Gasteiger partial charge in [-0.2, -0.15) is 0 Å². The lowest BCUT2D eigenvalue weighted by Crippen LogP contribution is -2.31. The van der Waals surface area contributed by atoms with Crippen molar-refractivity contribution in [3.05, 3.63) is 333 Å². The number of fused-ring (bicyclic) bond motifs is 24. The number of aryl methyl sites for hydroxylation is 8. The van der Waals surface area contributed by atoms with E-state index in [-0.39, 0.29) is 56.3 Å². The molecule has 8 aromatic carbocycles. The molecule has 0 amide bonds. The molecule has 12 heterocycles. The minimum absolute atomic E-state index is 0.0120. The fourth-order valence-electron chi connectivity index (χ4n) is 20.4. The molecule has 1 unspecified atom stereocenters. The van der Waals surface area contributed by atoms with Crippen LogP contribution in [-0.2, 0) is 49.9 Å². The van der Waals surface area contributed by atoms with Gasteiger partial charge in [0.2, 0.25) is 39.9 Å². The summed E-state index contributed by atoms with van der Waals surface area (Å²) in [5.74, 6) is -3.23. The first-order valence-electron chi connectivity index (χ1n) is 59.9. The first-order chi connectivity index (χ1) is 76.0. The van der Waals surface area contributed by atoms with E-state index < -0.39 is 113 Å². The SMILES string of the molecule is [2H]C(C)(C)c1cc[n+](C)c(-c2c(C)ccc3c2oc2cc4c(cc23)-c2cccnc2C4(C([2H])([2H])[2H])C([2H])([2H])[2H])c1.[2H]C(C)(C)c1cc[n+](C)c(-c2c(C)ccc3c2oc2nc4c(cc23)-c2ccccc2C4(C([2H])([2H])[2H])C([2H])([2H])[2H])c1.[2H]C(C)(C)c1cc[n+](C)c(-c2c(C)ccc3c2oc2nc4c(cc23)C(C([2H])([2H])[2H])(C([2H])([2H])[2H])c2ccccc2-4)c1.[2H]C([2H])([2H])CC1(C([2H])([2H])C([2H])([2H])[2H])c2ccccc2-c2cc3c(nc21)oc1c(-c2cc(C([2H])(C)C)cc[n+]2C)c(C)ccc13. The Bertz CT molecular complexity index is 9270. The van der Waals surface area contributed by atoms with Gasteiger partial charge in [0.1, 0.15) is 39.4 Å². The third-order valence-corrected chi connectivity index (χ3v) is 27.8. The van der Waals surface area contributed by atoms with Crippen molar-refractivity contribution in [1.29, 1.82) is 0 Å². The maximum atomic E-state index is 9.01. The van der Waals surface area contributed by atoms with E-state index in [1.165, 1.54) is 6.20 Å². The van der Waals surface area contributed by atoms with Crippen molar-refractivity contribution in [3.63, 3.8) is 0 Å². The lowest BCUT2D eigenvalue weighted by Gasteiger charge is -2.28. The summed E-state index contributed by atoms with van der Waals surface area (Å²) < 4.78 is 288. The van der Waals surface area contributed by atoms with Crippen molar-refractivity contribution in [1.82, 2.24) is 19.9 Å². The van der Waals surface area contributed by atoms with E-state index in [0.717, 1.165) is 111 Å². The average molecular weight is 1790 g/mol. The lowest BCUT2D eigenvalue weighted by molar-refractivity contribution is -0.660. The number of rotatable bonds is 10. The zero-order valence-electron chi connectivity index (χ0n) is 108. The molecular weight excluding hydrogens is 1640 g/mol. The van der Waals surface area contributed by atoms with Crippen LogP contribution in [-0.4, -0.2) is 19.9 Å². The highest BCUT2D eigenvalue weighted by atomic mass is 16.4. The Hall–Kier alpha value is -13.8. The fraction of sp³-hybridized carbons (Fsp3) is 0.279. The van der Waals surface area contributed by atoms with Gasteiger partial charge in [0.05, 0.1) is 45.0 Å². The molecular formula is C122H120N8O4+4. The molecule has 668 valence electrons. The zero-order chi connectivity index (χ0) is 119. The van der Waals surface area contributed by atoms with E-state index in [9.17, 15) is 0 Å². The van der Waals surface area contributed by atoms with Gasteiger partial charge in [-0.25, -0.2) is 33.2 Å². The number of hydrogen-bond donors (Lipinski definition) is 0. The molecule has 24 rings (SSSR count). The Kier molecular flexibility index (Phi) is 14.1. The van der Waals surface area contributed by atoms with Gasteiger partial charge in [-0.3, -0.25) is 4.98 Å². The smallest absolute Gasteiger partial charge is 0.227 e. The molecule has 12 aromatic heterocycles. The number of aromatic nitrogens is 8. The second kappa shape index (κ2) is 32.0. The highest BCUT2D eigenvalue weighted by molar-refractivity contribution is 6.15. The highest BCUT2D eigenvalue weighted by Gasteiger charge is 2.45. The number of nitrogens with zero attached hydrogens (tertiary/aromatic N) is 8. The number of pyridine rings is 8. The standard InChI is InChI=1S/C32H33N2O.3C30H29N2O/c1-7-32(8-2)26-12-10-9-11-22(26)24-18-25-23-14-13-20(5)28(29(23)35-31(25)33-30(24)32)27-17-21(19(3)4)15-16-34(27)6;1-17(2)19-11-13-32(6)25(14-19)27-18(3)9-10-20-23-15-22-21-8-7-12-31-29(21)30(4,5)24(22)16-26(23)33-28(20)27;1-17(2)19-13-14-32(6)25(15-19)26-18(3)11-12-20-22-16-24-27(31-29(22)33-28(20)26)21-9-7-8-10-23(21)30(24,4)5;1-17(2)19-13-14-32(6)25(15-19)26-18(3)11-12-21-23-16-22-20-9-7-8-10-24(20)30(4,5)28(22)31-29(23)33-27(21)26/h9-19H,7-8H2,1-6H3;3*7-17H,1-6H3/q4*+1/i1D3,2D3,7D2,19D;3*4D3,5D3,17D. The molecule has 20 aromatic rings. The van der Waals surface area contributed by atoms with Crippen LogP contribution in [0.5, 0.6) is 0 Å². The summed E-state index contributed by atoms with van der Waals surface area (Å²) in [4.78, 5) is 18.7. The third-order valence-electron chi connectivity index (χ3n) is 27.8. The molecule has 0 N–H and O–H groups in total. The first-order valence-corrected chi connectivity index (χ1v) is 44.9. The molecule has 0 radical (unpaired) electrons. The Morgan fingerprint density at radius 2 is 0.709 bits per heavy atom. The molecule has 0 bridgehead atoms. The molecule has 0 saturated heterocycles. The van der Waals surface area contributed by atoms with Gasteiger partial charge >= 0.3 is 0 Å². The number of furan rings is 4. The average Bonchev–Trinajstić information content (AvgIpc) is 1.52. The van der Waals surface area contributed by atoms with Crippen LogP contribution in [0.3, 0.4) is 0 Å². The molecule has 12 nitrogen and oxygen atoms in total. The molecule has 0 fully saturated rings. The second-order valence-electron chi connectivity index (χ2n) is 37.2. The molecule has 1 atom stereocenters. The van der Waals surface area contributed by atoms with E-state index in [1.54, 1.807) is 97.1 Å². The van der Waals surface area contributed by atoms with Crippen molar-refractivity contribution in [2.45, 2.75) is 196 Å². The normalized spacial score (nSPS) is 19.4. The van der Waals surface area contributed by atoms with Crippen LogP contribution in [0.1, 0.15) is 277 Å². The summed E-state index contributed by atoms with van der Waals surface area (Å²) in [7, 11) is 7.72. The van der Waals surface area contributed by atoms with E-state index in [4.69, 9.17) is 73.7 Å². The monoisotopic (exact) mass is 1790 g/mol. The van der Waals surface area contributed by atoms with E-state index in [1.807, 2.05) is 270 Å². The molecule has 0 saturated carbocycles. The van der Waals surface area contributed by atoms with Gasteiger partial charge in [-0.05, 0) is 189 Å². The van der Waals surface area contributed by atoms with Gasteiger partial charge in [-0.1, -0.05) is 238 Å². The van der Waals surface area contributed by atoms with Crippen molar-refractivity contribution >= 4 is 88.1 Å². The molecule has 4 aliphatic rings. The quantitative estimate of drug-likeness (QED) is 0.124. The molecule has 134 heavy (non-hydrogen) atoms. The lowest BCUT2D eigenvalue weighted by atomic mass is 9.76. The summed E-state index contributed by atoms with van der Waals surface area (Å²) in [5, 5.41) is 5.73. The van der Waals surface area contributed by atoms with Gasteiger partial charge in [0, 0.05) is 183 Å². The zero-order valence-corrected chi connectivity index (χ0v) is 77.5. The van der Waals surface area contributed by atoms with Gasteiger partial charge in [0.25, 0.3) is 0 Å². The summed E-state index contributed by atoms with van der Waals surface area (Å²) in [5.41, 5.74) is 13.5. The Balaban J connectivity index is 0.000000125. The summed E-state index contributed by atoms with van der Waals surface area (Å²) in [6.07, 6.45) is 5.38. The minimum atomic E-state index is -3.16. The van der Waals surface area contributed by atoms with Crippen LogP contribution >= 0.6 is 0 Å². The maximum absolute atomic E-state index is 9.01. The Labute approximate surface area is 828 Å². The van der Waals surface area contributed by atoms with Gasteiger partial charge in [0.15, 0.2) is 41.5 Å². The van der Waals surface area contributed by atoms with Crippen LogP contribution in [0.2, 0.25) is 0 Å². The number of hydrogen-bond acceptors (Lipinski definition) is 8. The van der Waals surface area contributed by atoms with Crippen LogP contribution in [0.4, 0.5) is 0 Å². The summed E-state index contributed by atoms with van der Waals surface area (Å²) in [6.45, 7) is -0.523. The van der Waals surface area contributed by atoms with Crippen molar-refractivity contribution in [3.8, 4) is 89.7 Å². The predicted molar refractivity (Wildman–Crippen MR) is 547 cm³/mol. The molecule has 0 aliphatic heterocycles. The van der Waals surface area contributed by atoms with Crippen LogP contribution in [0.15, 0.2) is 261 Å². The van der Waals surface area contributed by atoms with Crippen molar-refractivity contribution < 1.29 is 77.1 Å². The topological polar surface area (TPSA) is 120 Å². The minimum Gasteiger partial charge on any atom is -0.455 e. The van der Waals surface area contributed by atoms with Crippen molar-refractivity contribution in [2.24, 2.45) is 28.2 Å². The highest BCUT2D eigenvalue weighted by Crippen LogP contribution is 2.57. The summed E-state index contributed by atoms with van der Waals surface area (Å²) >= 11 is 0. The third kappa shape index (κ3) is 13.4. The van der Waals surface area contributed by atoms with Crippen LogP contribution in [0.25, 0.3) is 178 Å². The molecule has 12 heteroatoms. The predicted octanol–water partition coefficient (Wildman–Crippen LogP) is 29.6. The van der Waals surface area contributed by atoms with Crippen LogP contribution < -0.4 is 18.3 Å².